The van der Waals surface area contributed by atoms with E-state index in [1.807, 2.05) is 0 Å². The summed E-state index contributed by atoms with van der Waals surface area (Å²) in [6.07, 6.45) is 23.4. The Balaban J connectivity index is 0.00000729. The minimum atomic E-state index is -0.217. The zero-order chi connectivity index (χ0) is 19.8. The average molecular weight is 397 g/mol. The molecule has 1 aliphatic rings. The second-order valence-corrected chi connectivity index (χ2v) is 8.86. The van der Waals surface area contributed by atoms with Gasteiger partial charge in [-0.1, -0.05) is 104 Å². The van der Waals surface area contributed by atoms with Crippen molar-refractivity contribution in [2.75, 3.05) is 13.1 Å². The van der Waals surface area contributed by atoms with Gasteiger partial charge in [0.2, 0.25) is 0 Å². The lowest BCUT2D eigenvalue weighted by molar-refractivity contribution is 0.205. The van der Waals surface area contributed by atoms with Crippen LogP contribution in [-0.2, 0) is 0 Å². The number of aliphatic imine (C=N–C) groups is 1. The summed E-state index contributed by atoms with van der Waals surface area (Å²) in [6.45, 7) is 8.54. The summed E-state index contributed by atoms with van der Waals surface area (Å²) < 4.78 is 0. The number of nitrogens with zero attached hydrogens (tertiary/aromatic N) is 2. The monoisotopic (exact) mass is 396 g/mol. The first-order chi connectivity index (χ1) is 13.1. The minimum absolute atomic E-state index is 0. The third kappa shape index (κ3) is 12.1. The highest BCUT2D eigenvalue weighted by Gasteiger charge is 2.30. The van der Waals surface area contributed by atoms with Crippen molar-refractivity contribution in [3.63, 3.8) is 0 Å². The molecule has 0 aliphatic carbocycles. The Hall–Kier alpha value is -0.610. The highest BCUT2D eigenvalue weighted by molar-refractivity contribution is 5.84. The van der Waals surface area contributed by atoms with Gasteiger partial charge in [-0.2, -0.15) is 0 Å². The molecular formula is C24H52N4. The molecule has 168 valence electrons. The van der Waals surface area contributed by atoms with Crippen LogP contribution in [0.4, 0.5) is 0 Å². The normalized spacial score (nSPS) is 16.0. The zero-order valence-electron chi connectivity index (χ0n) is 19.6. The maximum atomic E-state index is 6.41. The van der Waals surface area contributed by atoms with E-state index in [0.717, 1.165) is 25.9 Å². The first-order valence-electron chi connectivity index (χ1n) is 12.2. The summed E-state index contributed by atoms with van der Waals surface area (Å²) in [7, 11) is 0. The molecule has 1 rings (SSSR count). The molecule has 0 aromatic heterocycles. The van der Waals surface area contributed by atoms with E-state index in [2.05, 4.69) is 25.7 Å². The van der Waals surface area contributed by atoms with Crippen LogP contribution in [-0.4, -0.2) is 29.5 Å². The molecule has 0 aromatic carbocycles. The van der Waals surface area contributed by atoms with E-state index in [4.69, 9.17) is 10.7 Å². The van der Waals surface area contributed by atoms with Gasteiger partial charge in [-0.3, -0.25) is 4.99 Å². The second kappa shape index (κ2) is 17.3. The molecule has 1 heterocycles. The number of hydrogen-bond donors (Lipinski definition) is 2. The molecule has 0 bridgehead atoms. The largest absolute Gasteiger partial charge is 0.344 e. The summed E-state index contributed by atoms with van der Waals surface area (Å²) >= 11 is 0. The molecule has 0 saturated heterocycles. The quantitative estimate of drug-likeness (QED) is 0.240. The molecule has 4 nitrogen and oxygen atoms in total. The van der Waals surface area contributed by atoms with Gasteiger partial charge >= 0.3 is 0 Å². The van der Waals surface area contributed by atoms with E-state index in [1.54, 1.807) is 0 Å². The van der Waals surface area contributed by atoms with Crippen LogP contribution in [0.15, 0.2) is 4.99 Å². The first-order valence-corrected chi connectivity index (χ1v) is 12.2. The van der Waals surface area contributed by atoms with Crippen LogP contribution in [0.1, 0.15) is 130 Å². The van der Waals surface area contributed by atoms with Crippen molar-refractivity contribution < 1.29 is 0 Å². The third-order valence-corrected chi connectivity index (χ3v) is 6.27. The predicted octanol–water partition coefficient (Wildman–Crippen LogP) is 7.21. The molecular weight excluding hydrogens is 344 g/mol. The predicted molar refractivity (Wildman–Crippen MR) is 126 cm³/mol. The minimum Gasteiger partial charge on any atom is -0.344 e. The fraction of sp³-hybridized carbons (Fsp3) is 0.958. The summed E-state index contributed by atoms with van der Waals surface area (Å²) in [5.74, 6) is 1.26. The Morgan fingerprint density at radius 1 is 0.786 bits per heavy atom. The van der Waals surface area contributed by atoms with Crippen LogP contribution in [0.3, 0.4) is 0 Å². The lowest BCUT2D eigenvalue weighted by atomic mass is 10.0. The van der Waals surface area contributed by atoms with Crippen LogP contribution in [0.5, 0.6) is 0 Å². The van der Waals surface area contributed by atoms with Gasteiger partial charge in [0.05, 0.1) is 12.2 Å². The smallest absolute Gasteiger partial charge is 0.100 e. The number of rotatable bonds is 18. The van der Waals surface area contributed by atoms with Gasteiger partial charge in [0, 0.05) is 13.0 Å². The molecule has 5 N–H and O–H groups in total. The number of unbranched alkanes of at least 4 members (excludes halogenated alkanes) is 14. The van der Waals surface area contributed by atoms with Crippen molar-refractivity contribution in [3.8, 4) is 0 Å². The maximum Gasteiger partial charge on any atom is 0.100 e. The van der Waals surface area contributed by atoms with Crippen molar-refractivity contribution in [2.45, 2.75) is 136 Å². The molecule has 1 aliphatic heterocycles. The Labute approximate surface area is 176 Å². The molecule has 0 amide bonds. The summed E-state index contributed by atoms with van der Waals surface area (Å²) in [6, 6.07) is 0. The Morgan fingerprint density at radius 2 is 1.21 bits per heavy atom. The zero-order valence-corrected chi connectivity index (χ0v) is 19.6. The van der Waals surface area contributed by atoms with Crippen molar-refractivity contribution in [1.29, 1.82) is 0 Å². The van der Waals surface area contributed by atoms with Gasteiger partial charge in [-0.25, -0.2) is 0 Å². The summed E-state index contributed by atoms with van der Waals surface area (Å²) in [5.41, 5.74) is 6.20. The fourth-order valence-electron chi connectivity index (χ4n) is 4.10. The van der Waals surface area contributed by atoms with E-state index >= 15 is 0 Å². The van der Waals surface area contributed by atoms with Gasteiger partial charge in [0.25, 0.3) is 0 Å². The van der Waals surface area contributed by atoms with E-state index in [9.17, 15) is 0 Å². The van der Waals surface area contributed by atoms with E-state index < -0.39 is 0 Å². The van der Waals surface area contributed by atoms with Crippen LogP contribution in [0.25, 0.3) is 0 Å². The highest BCUT2D eigenvalue weighted by atomic mass is 15.3. The molecule has 1 atom stereocenters. The Morgan fingerprint density at radius 3 is 1.64 bits per heavy atom. The van der Waals surface area contributed by atoms with Crippen molar-refractivity contribution in [2.24, 2.45) is 10.7 Å². The topological polar surface area (TPSA) is 76.6 Å². The lowest BCUT2D eigenvalue weighted by Crippen LogP contribution is -2.54. The molecule has 28 heavy (non-hydrogen) atoms. The van der Waals surface area contributed by atoms with Crippen LogP contribution >= 0.6 is 0 Å². The van der Waals surface area contributed by atoms with Gasteiger partial charge in [-0.05, 0) is 19.8 Å². The second-order valence-electron chi connectivity index (χ2n) is 8.86. The van der Waals surface area contributed by atoms with Crippen LogP contribution in [0.2, 0.25) is 0 Å². The first kappa shape index (κ1) is 27.4. The summed E-state index contributed by atoms with van der Waals surface area (Å²) in [5, 5.41) is 0. The maximum absolute atomic E-state index is 6.41. The number of amidine groups is 1. The molecule has 0 fully saturated rings. The highest BCUT2D eigenvalue weighted by Crippen LogP contribution is 2.20. The number of nitrogens with two attached hydrogens (primary N) is 1. The van der Waals surface area contributed by atoms with Crippen LogP contribution in [0, 0.1) is 0 Å². The molecule has 1 unspecified atom stereocenters. The van der Waals surface area contributed by atoms with Gasteiger partial charge in [0.15, 0.2) is 0 Å². The van der Waals surface area contributed by atoms with Crippen molar-refractivity contribution >= 4 is 5.84 Å². The van der Waals surface area contributed by atoms with E-state index in [1.165, 1.54) is 102 Å². The SMILES string of the molecule is CCCCCCCCCCCCCCCCCC1=NCCN1C(C)(N)CC.N. The Kier molecular flexibility index (Phi) is 16.9. The molecule has 0 saturated carbocycles. The Bertz CT molecular complexity index is 379. The van der Waals surface area contributed by atoms with Gasteiger partial charge in [0.1, 0.15) is 5.84 Å². The molecule has 4 heteroatoms. The van der Waals surface area contributed by atoms with Crippen molar-refractivity contribution in [3.05, 3.63) is 0 Å². The van der Waals surface area contributed by atoms with E-state index in [-0.39, 0.29) is 11.8 Å². The third-order valence-electron chi connectivity index (χ3n) is 6.27. The summed E-state index contributed by atoms with van der Waals surface area (Å²) in [4.78, 5) is 7.04. The average Bonchev–Trinajstić information content (AvgIpc) is 3.14. The fourth-order valence-corrected chi connectivity index (χ4v) is 4.10. The van der Waals surface area contributed by atoms with Crippen LogP contribution < -0.4 is 11.9 Å². The van der Waals surface area contributed by atoms with Crippen molar-refractivity contribution in [1.82, 2.24) is 11.1 Å². The molecule has 0 radical (unpaired) electrons. The molecule has 0 aromatic rings. The van der Waals surface area contributed by atoms with E-state index in [0.29, 0.717) is 0 Å². The standard InChI is InChI=1S/C24H49N3.H3N/c1-4-6-7-8-9-10-11-12-13-14-15-16-17-18-19-20-23-26-21-22-27(23)24(3,25)5-2;/h4-22,25H2,1-3H3;1H3. The molecule has 0 spiro atoms. The number of hydrogen-bond acceptors (Lipinski definition) is 4. The lowest BCUT2D eigenvalue weighted by Gasteiger charge is -2.37. The van der Waals surface area contributed by atoms with Gasteiger partial charge < -0.3 is 16.8 Å². The van der Waals surface area contributed by atoms with Gasteiger partial charge in [-0.15, -0.1) is 0 Å².